The zero-order valence-electron chi connectivity index (χ0n) is 9.84. The topological polar surface area (TPSA) is 98.0 Å². The number of nitrogen functional groups attached to an aromatic ring is 1. The third-order valence-corrected chi connectivity index (χ3v) is 4.30. The summed E-state index contributed by atoms with van der Waals surface area (Å²) in [5, 5.41) is 0.243. The van der Waals surface area contributed by atoms with E-state index in [9.17, 15) is 8.42 Å². The molecule has 0 saturated heterocycles. The predicted molar refractivity (Wildman–Crippen MR) is 71.0 cm³/mol. The normalized spacial score (nSPS) is 11.4. The largest absolute Gasteiger partial charge is 0.399 e. The number of nitrogens with two attached hydrogens (primary N) is 1. The van der Waals surface area contributed by atoms with E-state index in [1.165, 1.54) is 6.07 Å². The monoisotopic (exact) mass is 284 g/mol. The van der Waals surface area contributed by atoms with E-state index in [-0.39, 0.29) is 10.0 Å². The number of anilines is 2. The van der Waals surface area contributed by atoms with Crippen LogP contribution < -0.4 is 10.5 Å². The molecule has 0 fully saturated rings. The SMILES string of the molecule is Cc1cc(N)cc(S(=O)(=O)Nc2nc(C)ns2)c1. The molecule has 3 N–H and O–H groups in total. The van der Waals surface area contributed by atoms with Crippen LogP contribution in [-0.4, -0.2) is 17.8 Å². The molecule has 0 spiro atoms. The second-order valence-electron chi connectivity index (χ2n) is 3.83. The van der Waals surface area contributed by atoms with Crippen LogP contribution in [0.4, 0.5) is 10.8 Å². The summed E-state index contributed by atoms with van der Waals surface area (Å²) in [6.45, 7) is 3.48. The molecule has 0 radical (unpaired) electrons. The number of hydrogen-bond donors (Lipinski definition) is 2. The molecule has 0 bridgehead atoms. The molecule has 96 valence electrons. The minimum absolute atomic E-state index is 0.118. The van der Waals surface area contributed by atoms with Gasteiger partial charge in [-0.25, -0.2) is 13.4 Å². The van der Waals surface area contributed by atoms with Crippen LogP contribution in [0.15, 0.2) is 23.1 Å². The molecular weight excluding hydrogens is 272 g/mol. The highest BCUT2D eigenvalue weighted by Gasteiger charge is 2.17. The molecular formula is C10H12N4O2S2. The van der Waals surface area contributed by atoms with Crippen molar-refractivity contribution in [2.45, 2.75) is 18.7 Å². The molecule has 0 aliphatic heterocycles. The highest BCUT2D eigenvalue weighted by molar-refractivity contribution is 7.93. The fraction of sp³-hybridized carbons (Fsp3) is 0.200. The molecule has 1 aromatic heterocycles. The number of hydrogen-bond acceptors (Lipinski definition) is 6. The Labute approximate surface area is 109 Å². The van der Waals surface area contributed by atoms with E-state index in [1.807, 2.05) is 0 Å². The van der Waals surface area contributed by atoms with Gasteiger partial charge in [0.25, 0.3) is 10.0 Å². The Kier molecular flexibility index (Phi) is 3.22. The maximum Gasteiger partial charge on any atom is 0.263 e. The molecule has 0 amide bonds. The average Bonchev–Trinajstić information content (AvgIpc) is 2.61. The van der Waals surface area contributed by atoms with Gasteiger partial charge in [-0.15, -0.1) is 0 Å². The molecule has 2 rings (SSSR count). The van der Waals surface area contributed by atoms with E-state index in [4.69, 9.17) is 5.73 Å². The van der Waals surface area contributed by atoms with Crippen LogP contribution in [0.3, 0.4) is 0 Å². The van der Waals surface area contributed by atoms with Crippen molar-refractivity contribution in [2.75, 3.05) is 10.5 Å². The molecule has 0 saturated carbocycles. The molecule has 0 aliphatic rings. The summed E-state index contributed by atoms with van der Waals surface area (Å²) in [5.74, 6) is 0.529. The van der Waals surface area contributed by atoms with Crippen molar-refractivity contribution in [2.24, 2.45) is 0 Å². The van der Waals surface area contributed by atoms with E-state index >= 15 is 0 Å². The van der Waals surface area contributed by atoms with E-state index < -0.39 is 10.0 Å². The van der Waals surface area contributed by atoms with Crippen molar-refractivity contribution in [3.05, 3.63) is 29.6 Å². The highest BCUT2D eigenvalue weighted by atomic mass is 32.2. The first-order valence-corrected chi connectivity index (χ1v) is 7.33. The van der Waals surface area contributed by atoms with Gasteiger partial charge >= 0.3 is 0 Å². The molecule has 2 aromatic rings. The average molecular weight is 284 g/mol. The minimum atomic E-state index is -3.67. The predicted octanol–water partition coefficient (Wildman–Crippen LogP) is 1.54. The van der Waals surface area contributed by atoms with Crippen LogP contribution >= 0.6 is 11.5 Å². The summed E-state index contributed by atoms with van der Waals surface area (Å²) in [7, 11) is -3.67. The van der Waals surface area contributed by atoms with E-state index in [1.54, 1.807) is 26.0 Å². The summed E-state index contributed by atoms with van der Waals surface area (Å²) >= 11 is 0.997. The lowest BCUT2D eigenvalue weighted by molar-refractivity contribution is 0.601. The van der Waals surface area contributed by atoms with Gasteiger partial charge in [-0.2, -0.15) is 4.37 Å². The number of aromatic nitrogens is 2. The second kappa shape index (κ2) is 4.54. The Morgan fingerprint density at radius 1 is 1.28 bits per heavy atom. The number of nitrogens with zero attached hydrogens (tertiary/aromatic N) is 2. The zero-order valence-corrected chi connectivity index (χ0v) is 11.5. The van der Waals surface area contributed by atoms with Gasteiger partial charge in [0.2, 0.25) is 5.13 Å². The van der Waals surface area contributed by atoms with Crippen LogP contribution in [0.1, 0.15) is 11.4 Å². The number of benzene rings is 1. The maximum atomic E-state index is 12.1. The maximum absolute atomic E-state index is 12.1. The second-order valence-corrected chi connectivity index (χ2v) is 6.27. The van der Waals surface area contributed by atoms with Crippen LogP contribution in [0.2, 0.25) is 0 Å². The Morgan fingerprint density at radius 3 is 2.56 bits per heavy atom. The first-order valence-electron chi connectivity index (χ1n) is 5.07. The molecule has 0 aliphatic carbocycles. The summed E-state index contributed by atoms with van der Waals surface area (Å²) in [6.07, 6.45) is 0. The standard InChI is InChI=1S/C10H12N4O2S2/c1-6-3-8(11)5-9(4-6)18(15,16)14-10-12-7(2)13-17-10/h3-5H,11H2,1-2H3,(H,12,13,14). The molecule has 0 unspecified atom stereocenters. The van der Waals surface area contributed by atoms with Gasteiger partial charge in [0.05, 0.1) is 4.90 Å². The summed E-state index contributed by atoms with van der Waals surface area (Å²) in [4.78, 5) is 4.07. The van der Waals surface area contributed by atoms with Gasteiger partial charge in [-0.3, -0.25) is 4.72 Å². The van der Waals surface area contributed by atoms with Crippen molar-refractivity contribution in [1.29, 1.82) is 0 Å². The number of rotatable bonds is 3. The van der Waals surface area contributed by atoms with E-state index in [0.717, 1.165) is 17.1 Å². The number of aryl methyl sites for hydroxylation is 2. The van der Waals surface area contributed by atoms with Crippen molar-refractivity contribution in [3.63, 3.8) is 0 Å². The third-order valence-electron chi connectivity index (χ3n) is 2.13. The van der Waals surface area contributed by atoms with Gasteiger partial charge in [0.15, 0.2) is 0 Å². The molecule has 1 aromatic carbocycles. The Balaban J connectivity index is 2.36. The third kappa shape index (κ3) is 2.77. The molecule has 6 nitrogen and oxygen atoms in total. The van der Waals surface area contributed by atoms with Gasteiger partial charge < -0.3 is 5.73 Å². The van der Waals surface area contributed by atoms with E-state index in [0.29, 0.717) is 11.5 Å². The Bertz CT molecular complexity index is 659. The van der Waals surface area contributed by atoms with Crippen LogP contribution in [-0.2, 0) is 10.0 Å². The fourth-order valence-corrected chi connectivity index (χ4v) is 3.38. The Hall–Kier alpha value is -1.67. The van der Waals surface area contributed by atoms with Gasteiger partial charge in [-0.1, -0.05) is 0 Å². The lowest BCUT2D eigenvalue weighted by Crippen LogP contribution is -2.13. The van der Waals surface area contributed by atoms with Gasteiger partial charge in [-0.05, 0) is 37.6 Å². The van der Waals surface area contributed by atoms with Crippen molar-refractivity contribution >= 4 is 32.4 Å². The zero-order chi connectivity index (χ0) is 13.3. The lowest BCUT2D eigenvalue weighted by atomic mass is 10.2. The fourth-order valence-electron chi connectivity index (χ4n) is 1.44. The van der Waals surface area contributed by atoms with E-state index in [2.05, 4.69) is 14.1 Å². The highest BCUT2D eigenvalue weighted by Crippen LogP contribution is 2.20. The molecule has 0 atom stereocenters. The summed E-state index contributed by atoms with van der Waals surface area (Å²) < 4.78 is 30.5. The summed E-state index contributed by atoms with van der Waals surface area (Å²) in [5.41, 5.74) is 6.82. The van der Waals surface area contributed by atoms with Crippen molar-refractivity contribution < 1.29 is 8.42 Å². The van der Waals surface area contributed by atoms with Crippen LogP contribution in [0, 0.1) is 13.8 Å². The first kappa shape index (κ1) is 12.8. The Morgan fingerprint density at radius 2 is 2.00 bits per heavy atom. The van der Waals surface area contributed by atoms with Gasteiger partial charge in [0, 0.05) is 17.2 Å². The number of nitrogens with one attached hydrogen (secondary N) is 1. The number of sulfonamides is 1. The smallest absolute Gasteiger partial charge is 0.263 e. The van der Waals surface area contributed by atoms with Crippen molar-refractivity contribution in [3.8, 4) is 0 Å². The lowest BCUT2D eigenvalue weighted by Gasteiger charge is -2.06. The summed E-state index contributed by atoms with van der Waals surface area (Å²) in [6, 6.07) is 4.66. The molecule has 1 heterocycles. The molecule has 18 heavy (non-hydrogen) atoms. The quantitative estimate of drug-likeness (QED) is 0.833. The van der Waals surface area contributed by atoms with Crippen molar-refractivity contribution in [1.82, 2.24) is 9.36 Å². The van der Waals surface area contributed by atoms with Gasteiger partial charge in [0.1, 0.15) is 5.82 Å². The minimum Gasteiger partial charge on any atom is -0.399 e. The first-order chi connectivity index (χ1) is 8.37. The van der Waals surface area contributed by atoms with Crippen LogP contribution in [0.5, 0.6) is 0 Å². The molecule has 8 heteroatoms. The van der Waals surface area contributed by atoms with Crippen LogP contribution in [0.25, 0.3) is 0 Å².